The fourth-order valence-electron chi connectivity index (χ4n) is 1.38. The van der Waals surface area contributed by atoms with Crippen molar-refractivity contribution in [2.75, 3.05) is 20.7 Å². The van der Waals surface area contributed by atoms with Crippen molar-refractivity contribution < 1.29 is 9.90 Å². The molecule has 4 nitrogen and oxygen atoms in total. The first-order valence-electron chi connectivity index (χ1n) is 5.91. The summed E-state index contributed by atoms with van der Waals surface area (Å²) in [6.07, 6.45) is 0. The molecule has 0 aromatic heterocycles. The third-order valence-electron chi connectivity index (χ3n) is 2.83. The lowest BCUT2D eigenvalue weighted by Crippen LogP contribution is -2.44. The molecule has 1 aliphatic heterocycles. The van der Waals surface area contributed by atoms with E-state index >= 15 is 0 Å². The Balaban J connectivity index is 0.000000289. The molecule has 0 atom stereocenters. The summed E-state index contributed by atoms with van der Waals surface area (Å²) in [6, 6.07) is 10.3. The largest absolute Gasteiger partial charge is 0.400 e. The van der Waals surface area contributed by atoms with Crippen LogP contribution >= 0.6 is 0 Å². The number of carbonyl (C=O) groups excluding carboxylic acids is 1. The number of aliphatic hydroxyl groups is 1. The van der Waals surface area contributed by atoms with Gasteiger partial charge in [-0.2, -0.15) is 0 Å². The van der Waals surface area contributed by atoms with Crippen LogP contribution in [0.2, 0.25) is 0 Å². The van der Waals surface area contributed by atoms with Crippen molar-refractivity contribution in [3.05, 3.63) is 35.9 Å². The van der Waals surface area contributed by atoms with E-state index < -0.39 is 0 Å². The Kier molecular flexibility index (Phi) is 7.24. The van der Waals surface area contributed by atoms with Crippen molar-refractivity contribution in [1.29, 1.82) is 0 Å². The number of nitrogens with zero attached hydrogens (tertiary/aromatic N) is 1. The van der Waals surface area contributed by atoms with Gasteiger partial charge in [0.1, 0.15) is 0 Å². The monoisotopic (exact) mass is 252 g/mol. The van der Waals surface area contributed by atoms with Gasteiger partial charge in [0, 0.05) is 14.2 Å². The molecule has 0 radical (unpaired) electrons. The van der Waals surface area contributed by atoms with Gasteiger partial charge in [0.15, 0.2) is 0 Å². The molecule has 0 spiro atoms. The van der Waals surface area contributed by atoms with E-state index in [2.05, 4.69) is 24.4 Å². The van der Waals surface area contributed by atoms with Crippen molar-refractivity contribution in [1.82, 2.24) is 10.2 Å². The Hall–Kier alpha value is -1.39. The van der Waals surface area contributed by atoms with Crippen LogP contribution < -0.4 is 5.32 Å². The molecular formula is C14H24N2O2. The standard InChI is InChI=1S/C7H8.C6H12N2O.CH4O/c1-7-5-3-2-4-6-7;1-6(2)7-4-5(9)8(6)3;1-2/h2-6H,1H3;7H,4H2,1-3H3;2H,1H3. The number of carbonyl (C=O) groups is 1. The van der Waals surface area contributed by atoms with Crippen molar-refractivity contribution in [3.8, 4) is 0 Å². The average Bonchev–Trinajstić information content (AvgIpc) is 2.61. The van der Waals surface area contributed by atoms with Gasteiger partial charge in [-0.3, -0.25) is 10.1 Å². The van der Waals surface area contributed by atoms with Gasteiger partial charge in [-0.25, -0.2) is 0 Å². The molecule has 1 heterocycles. The molecule has 1 aromatic carbocycles. The highest BCUT2D eigenvalue weighted by Gasteiger charge is 2.33. The van der Waals surface area contributed by atoms with E-state index in [1.165, 1.54) is 5.56 Å². The number of likely N-dealkylation sites (N-methyl/N-ethyl adjacent to an activating group) is 1. The molecule has 18 heavy (non-hydrogen) atoms. The number of amides is 1. The zero-order chi connectivity index (χ0) is 14.2. The van der Waals surface area contributed by atoms with E-state index in [0.29, 0.717) is 6.54 Å². The number of aryl methyl sites for hydroxylation is 1. The Bertz CT molecular complexity index is 350. The third kappa shape index (κ3) is 5.29. The van der Waals surface area contributed by atoms with Crippen LogP contribution in [0.4, 0.5) is 0 Å². The lowest BCUT2D eigenvalue weighted by Gasteiger charge is -2.26. The second-order valence-electron chi connectivity index (χ2n) is 4.52. The minimum Gasteiger partial charge on any atom is -0.400 e. The average molecular weight is 252 g/mol. The van der Waals surface area contributed by atoms with Gasteiger partial charge in [-0.15, -0.1) is 0 Å². The number of aliphatic hydroxyl groups excluding tert-OH is 1. The highest BCUT2D eigenvalue weighted by atomic mass is 16.2. The second kappa shape index (κ2) is 7.84. The van der Waals surface area contributed by atoms with Crippen LogP contribution in [-0.2, 0) is 4.79 Å². The van der Waals surface area contributed by atoms with Gasteiger partial charge in [0.25, 0.3) is 0 Å². The smallest absolute Gasteiger partial charge is 0.237 e. The molecule has 2 rings (SSSR count). The van der Waals surface area contributed by atoms with Crippen LogP contribution in [-0.4, -0.2) is 42.3 Å². The minimum atomic E-state index is -0.142. The summed E-state index contributed by atoms with van der Waals surface area (Å²) >= 11 is 0. The molecule has 102 valence electrons. The Morgan fingerprint density at radius 2 is 1.72 bits per heavy atom. The fourth-order valence-corrected chi connectivity index (χ4v) is 1.38. The number of rotatable bonds is 0. The Morgan fingerprint density at radius 3 is 1.89 bits per heavy atom. The first kappa shape index (κ1) is 16.6. The SMILES string of the molecule is CN1C(=O)CNC1(C)C.CO.Cc1ccccc1. The molecule has 0 saturated carbocycles. The maximum atomic E-state index is 10.9. The van der Waals surface area contributed by atoms with E-state index in [1.54, 1.807) is 4.90 Å². The quantitative estimate of drug-likeness (QED) is 0.733. The van der Waals surface area contributed by atoms with E-state index in [-0.39, 0.29) is 11.6 Å². The summed E-state index contributed by atoms with van der Waals surface area (Å²) in [4.78, 5) is 12.6. The van der Waals surface area contributed by atoms with Gasteiger partial charge >= 0.3 is 0 Å². The normalized spacial score (nSPS) is 16.3. The van der Waals surface area contributed by atoms with Gasteiger partial charge in [-0.05, 0) is 20.8 Å². The number of benzene rings is 1. The molecule has 1 aliphatic rings. The molecule has 0 aliphatic carbocycles. The van der Waals surface area contributed by atoms with Crippen LogP contribution in [0.1, 0.15) is 19.4 Å². The first-order chi connectivity index (χ1) is 8.43. The molecule has 1 saturated heterocycles. The zero-order valence-electron chi connectivity index (χ0n) is 11.9. The number of nitrogens with one attached hydrogen (secondary N) is 1. The summed E-state index contributed by atoms with van der Waals surface area (Å²) in [6.45, 7) is 6.53. The molecule has 1 fully saturated rings. The van der Waals surface area contributed by atoms with Gasteiger partial charge in [-0.1, -0.05) is 35.9 Å². The van der Waals surface area contributed by atoms with Crippen LogP contribution in [0, 0.1) is 6.92 Å². The lowest BCUT2D eigenvalue weighted by molar-refractivity contribution is -0.128. The lowest BCUT2D eigenvalue weighted by atomic mass is 10.2. The van der Waals surface area contributed by atoms with E-state index in [4.69, 9.17) is 5.11 Å². The van der Waals surface area contributed by atoms with Gasteiger partial charge in [0.2, 0.25) is 5.91 Å². The predicted molar refractivity (Wildman–Crippen MR) is 74.2 cm³/mol. The summed E-state index contributed by atoms with van der Waals surface area (Å²) < 4.78 is 0. The maximum absolute atomic E-state index is 10.9. The van der Waals surface area contributed by atoms with Gasteiger partial charge in [0.05, 0.1) is 12.2 Å². The molecule has 1 amide bonds. The molecule has 0 unspecified atom stereocenters. The topological polar surface area (TPSA) is 52.6 Å². The van der Waals surface area contributed by atoms with Crippen molar-refractivity contribution in [2.24, 2.45) is 0 Å². The summed E-state index contributed by atoms with van der Waals surface area (Å²) in [7, 11) is 2.81. The summed E-state index contributed by atoms with van der Waals surface area (Å²) in [5.41, 5.74) is 1.18. The van der Waals surface area contributed by atoms with Crippen LogP contribution in [0.15, 0.2) is 30.3 Å². The molecule has 1 aromatic rings. The minimum absolute atomic E-state index is 0.142. The van der Waals surface area contributed by atoms with E-state index in [1.807, 2.05) is 39.1 Å². The maximum Gasteiger partial charge on any atom is 0.237 e. The molecule has 2 N–H and O–H groups in total. The van der Waals surface area contributed by atoms with Crippen molar-refractivity contribution in [3.63, 3.8) is 0 Å². The van der Waals surface area contributed by atoms with Gasteiger partial charge < -0.3 is 10.0 Å². The van der Waals surface area contributed by atoms with Crippen LogP contribution in [0.25, 0.3) is 0 Å². The number of hydrogen-bond donors (Lipinski definition) is 2. The van der Waals surface area contributed by atoms with Crippen molar-refractivity contribution in [2.45, 2.75) is 26.4 Å². The predicted octanol–water partition coefficient (Wildman–Crippen LogP) is 1.39. The fraction of sp³-hybridized carbons (Fsp3) is 0.500. The van der Waals surface area contributed by atoms with Crippen LogP contribution in [0.5, 0.6) is 0 Å². The van der Waals surface area contributed by atoms with E-state index in [0.717, 1.165) is 7.11 Å². The highest BCUT2D eigenvalue weighted by molar-refractivity contribution is 5.80. The first-order valence-corrected chi connectivity index (χ1v) is 5.91. The Morgan fingerprint density at radius 1 is 1.22 bits per heavy atom. The van der Waals surface area contributed by atoms with Crippen molar-refractivity contribution >= 4 is 5.91 Å². The van der Waals surface area contributed by atoms with Crippen LogP contribution in [0.3, 0.4) is 0 Å². The molecule has 4 heteroatoms. The third-order valence-corrected chi connectivity index (χ3v) is 2.83. The molecule has 0 bridgehead atoms. The van der Waals surface area contributed by atoms with E-state index in [9.17, 15) is 4.79 Å². The summed E-state index contributed by atoms with van der Waals surface area (Å²) in [5, 5.41) is 10.1. The molecular weight excluding hydrogens is 228 g/mol. The highest BCUT2D eigenvalue weighted by Crippen LogP contribution is 2.12. The second-order valence-corrected chi connectivity index (χ2v) is 4.52. The summed E-state index contributed by atoms with van der Waals surface area (Å²) in [5.74, 6) is 0.167. The number of hydrogen-bond acceptors (Lipinski definition) is 3. The Labute approximate surface area is 110 Å². The zero-order valence-corrected chi connectivity index (χ0v) is 11.9.